The molecule has 0 aliphatic carbocycles. The standard InChI is InChI=1S/C17H17F3OS/c1-4-13-15(19)14(18)10(2)17(16(13)20)22-9-11-5-7-12(21-3)8-6-11/h5-8H,4,9H2,1-3H3. The molecule has 0 aliphatic heterocycles. The van der Waals surface area contributed by atoms with Gasteiger partial charge in [-0.2, -0.15) is 0 Å². The molecule has 0 heterocycles. The molecule has 0 N–H and O–H groups in total. The van der Waals surface area contributed by atoms with E-state index in [1.165, 1.54) is 18.7 Å². The quantitative estimate of drug-likeness (QED) is 0.546. The first-order chi connectivity index (χ1) is 10.5. The Hall–Kier alpha value is -1.62. The van der Waals surface area contributed by atoms with E-state index in [1.807, 2.05) is 24.3 Å². The van der Waals surface area contributed by atoms with E-state index in [2.05, 4.69) is 0 Å². The molecule has 0 fully saturated rings. The third-order valence-electron chi connectivity index (χ3n) is 3.49. The average molecular weight is 326 g/mol. The second-order valence-corrected chi connectivity index (χ2v) is 5.85. The van der Waals surface area contributed by atoms with E-state index in [1.54, 1.807) is 14.0 Å². The SMILES string of the molecule is CCc1c(F)c(F)c(C)c(SCc2ccc(OC)cc2)c1F. The lowest BCUT2D eigenvalue weighted by atomic mass is 10.1. The minimum Gasteiger partial charge on any atom is -0.497 e. The van der Waals surface area contributed by atoms with Crippen molar-refractivity contribution in [1.82, 2.24) is 0 Å². The lowest BCUT2D eigenvalue weighted by molar-refractivity contribution is 0.414. The fourth-order valence-corrected chi connectivity index (χ4v) is 3.21. The molecule has 2 aromatic rings. The average Bonchev–Trinajstić information content (AvgIpc) is 2.54. The van der Waals surface area contributed by atoms with Crippen LogP contribution in [0.4, 0.5) is 13.2 Å². The third kappa shape index (κ3) is 3.24. The van der Waals surface area contributed by atoms with Crippen molar-refractivity contribution in [2.24, 2.45) is 0 Å². The molecule has 118 valence electrons. The summed E-state index contributed by atoms with van der Waals surface area (Å²) in [6.45, 7) is 3.01. The zero-order chi connectivity index (χ0) is 16.3. The summed E-state index contributed by atoms with van der Waals surface area (Å²) in [7, 11) is 1.58. The molecular formula is C17H17F3OS. The molecule has 0 saturated carbocycles. The second-order valence-electron chi connectivity index (χ2n) is 4.86. The first-order valence-corrected chi connectivity index (χ1v) is 7.89. The van der Waals surface area contributed by atoms with Crippen LogP contribution in [0.3, 0.4) is 0 Å². The molecule has 0 aromatic heterocycles. The second kappa shape index (κ2) is 7.09. The van der Waals surface area contributed by atoms with Gasteiger partial charge in [-0.25, -0.2) is 13.2 Å². The minimum atomic E-state index is -1.08. The fraction of sp³-hybridized carbons (Fsp3) is 0.294. The Morgan fingerprint density at radius 2 is 1.64 bits per heavy atom. The van der Waals surface area contributed by atoms with E-state index in [-0.39, 0.29) is 22.4 Å². The summed E-state index contributed by atoms with van der Waals surface area (Å²) in [5.74, 6) is -1.49. The van der Waals surface area contributed by atoms with E-state index < -0.39 is 17.5 Å². The monoisotopic (exact) mass is 326 g/mol. The number of benzene rings is 2. The van der Waals surface area contributed by atoms with Crippen LogP contribution in [0.25, 0.3) is 0 Å². The highest BCUT2D eigenvalue weighted by atomic mass is 32.2. The number of thioether (sulfide) groups is 1. The van der Waals surface area contributed by atoms with Gasteiger partial charge in [0.15, 0.2) is 11.6 Å². The van der Waals surface area contributed by atoms with Gasteiger partial charge >= 0.3 is 0 Å². The Labute approximate surface area is 132 Å². The first-order valence-electron chi connectivity index (χ1n) is 6.91. The van der Waals surface area contributed by atoms with Crippen LogP contribution in [0.1, 0.15) is 23.6 Å². The highest BCUT2D eigenvalue weighted by Gasteiger charge is 2.21. The van der Waals surface area contributed by atoms with Gasteiger partial charge in [0.05, 0.1) is 7.11 Å². The number of rotatable bonds is 5. The Morgan fingerprint density at radius 1 is 1.00 bits per heavy atom. The predicted octanol–water partition coefficient (Wildman–Crippen LogP) is 5.28. The van der Waals surface area contributed by atoms with Crippen molar-refractivity contribution in [3.05, 3.63) is 58.4 Å². The topological polar surface area (TPSA) is 9.23 Å². The molecule has 0 unspecified atom stereocenters. The van der Waals surface area contributed by atoms with Gasteiger partial charge in [-0.3, -0.25) is 0 Å². The molecule has 22 heavy (non-hydrogen) atoms. The molecule has 5 heteroatoms. The van der Waals surface area contributed by atoms with Crippen molar-refractivity contribution in [3.8, 4) is 5.75 Å². The van der Waals surface area contributed by atoms with E-state index in [4.69, 9.17) is 4.74 Å². The number of hydrogen-bond acceptors (Lipinski definition) is 2. The summed E-state index contributed by atoms with van der Waals surface area (Å²) in [4.78, 5) is 0.173. The van der Waals surface area contributed by atoms with Crippen LogP contribution < -0.4 is 4.74 Å². The van der Waals surface area contributed by atoms with E-state index in [0.29, 0.717) is 5.75 Å². The van der Waals surface area contributed by atoms with Crippen molar-refractivity contribution < 1.29 is 17.9 Å². The Balaban J connectivity index is 2.27. The van der Waals surface area contributed by atoms with Crippen LogP contribution in [0.15, 0.2) is 29.2 Å². The zero-order valence-electron chi connectivity index (χ0n) is 12.7. The van der Waals surface area contributed by atoms with Crippen molar-refractivity contribution >= 4 is 11.8 Å². The summed E-state index contributed by atoms with van der Waals surface area (Å²) in [6.07, 6.45) is 0.116. The van der Waals surface area contributed by atoms with Crippen LogP contribution in [0, 0.1) is 24.4 Å². The number of ether oxygens (including phenoxy) is 1. The van der Waals surface area contributed by atoms with Gasteiger partial charge < -0.3 is 4.74 Å². The van der Waals surface area contributed by atoms with Crippen LogP contribution in [-0.2, 0) is 12.2 Å². The lowest BCUT2D eigenvalue weighted by Gasteiger charge is -2.13. The van der Waals surface area contributed by atoms with E-state index in [0.717, 1.165) is 11.3 Å². The minimum absolute atomic E-state index is 0.0192. The Kier molecular flexibility index (Phi) is 5.40. The van der Waals surface area contributed by atoms with Crippen molar-refractivity contribution in [3.63, 3.8) is 0 Å². The smallest absolute Gasteiger partial charge is 0.165 e. The molecule has 0 saturated heterocycles. The summed E-state index contributed by atoms with van der Waals surface area (Å²) in [6, 6.07) is 7.34. The number of hydrogen-bond donors (Lipinski definition) is 0. The predicted molar refractivity (Wildman–Crippen MR) is 83.0 cm³/mol. The maximum absolute atomic E-state index is 14.3. The molecule has 0 bridgehead atoms. The summed E-state index contributed by atoms with van der Waals surface area (Å²) in [5, 5.41) is 0. The van der Waals surface area contributed by atoms with Gasteiger partial charge in [-0.05, 0) is 31.0 Å². The van der Waals surface area contributed by atoms with Crippen LogP contribution in [0.5, 0.6) is 5.75 Å². The van der Waals surface area contributed by atoms with Crippen molar-refractivity contribution in [1.29, 1.82) is 0 Å². The molecule has 1 nitrogen and oxygen atoms in total. The number of halogens is 3. The highest BCUT2D eigenvalue weighted by molar-refractivity contribution is 7.98. The Bertz CT molecular complexity index is 669. The van der Waals surface area contributed by atoms with Gasteiger partial charge in [0.2, 0.25) is 0 Å². The molecular weight excluding hydrogens is 309 g/mol. The Morgan fingerprint density at radius 3 is 2.18 bits per heavy atom. The zero-order valence-corrected chi connectivity index (χ0v) is 13.5. The third-order valence-corrected chi connectivity index (χ3v) is 4.74. The molecule has 0 aliphatic rings. The normalized spacial score (nSPS) is 10.8. The molecule has 0 radical (unpaired) electrons. The van der Waals surface area contributed by atoms with Crippen LogP contribution in [0.2, 0.25) is 0 Å². The molecule has 2 rings (SSSR count). The fourth-order valence-electron chi connectivity index (χ4n) is 2.15. The maximum Gasteiger partial charge on any atom is 0.165 e. The first kappa shape index (κ1) is 16.7. The van der Waals surface area contributed by atoms with Gasteiger partial charge in [-0.15, -0.1) is 11.8 Å². The van der Waals surface area contributed by atoms with E-state index >= 15 is 0 Å². The molecule has 0 spiro atoms. The van der Waals surface area contributed by atoms with E-state index in [9.17, 15) is 13.2 Å². The van der Waals surface area contributed by atoms with Gasteiger partial charge in [-0.1, -0.05) is 19.1 Å². The van der Waals surface area contributed by atoms with Crippen LogP contribution >= 0.6 is 11.8 Å². The number of methoxy groups -OCH3 is 1. The summed E-state index contributed by atoms with van der Waals surface area (Å²) >= 11 is 1.17. The molecule has 2 aromatic carbocycles. The lowest BCUT2D eigenvalue weighted by Crippen LogP contribution is -2.04. The van der Waals surface area contributed by atoms with Gasteiger partial charge in [0.25, 0.3) is 0 Å². The van der Waals surface area contributed by atoms with Crippen molar-refractivity contribution in [2.45, 2.75) is 30.9 Å². The maximum atomic E-state index is 14.3. The molecule has 0 amide bonds. The summed E-state index contributed by atoms with van der Waals surface area (Å²) < 4.78 is 47.0. The summed E-state index contributed by atoms with van der Waals surface area (Å²) in [5.41, 5.74) is 0.776. The van der Waals surface area contributed by atoms with Gasteiger partial charge in [0.1, 0.15) is 11.6 Å². The molecule has 0 atom stereocenters. The van der Waals surface area contributed by atoms with Crippen LogP contribution in [-0.4, -0.2) is 7.11 Å². The van der Waals surface area contributed by atoms with Gasteiger partial charge in [0, 0.05) is 21.8 Å². The van der Waals surface area contributed by atoms with Crippen molar-refractivity contribution in [2.75, 3.05) is 7.11 Å². The highest BCUT2D eigenvalue weighted by Crippen LogP contribution is 2.34. The largest absolute Gasteiger partial charge is 0.497 e.